The Morgan fingerprint density at radius 1 is 1.63 bits per heavy atom. The molecule has 0 aromatic carbocycles. The van der Waals surface area contributed by atoms with E-state index in [4.69, 9.17) is 22.1 Å². The molecule has 2 N–H and O–H groups in total. The van der Waals surface area contributed by atoms with Crippen LogP contribution < -0.4 is 5.73 Å². The Balaban J connectivity index is 2.03. The number of carbonyl (C=O) groups excluding carboxylic acids is 1. The number of hydrogen-bond acceptors (Lipinski definition) is 4. The molecule has 1 aliphatic heterocycles. The number of pyridine rings is 1. The van der Waals surface area contributed by atoms with Gasteiger partial charge in [-0.1, -0.05) is 11.6 Å². The van der Waals surface area contributed by atoms with Gasteiger partial charge >= 0.3 is 0 Å². The highest BCUT2D eigenvalue weighted by Crippen LogP contribution is 2.19. The smallest absolute Gasteiger partial charge is 0.273 e. The van der Waals surface area contributed by atoms with Crippen LogP contribution in [-0.2, 0) is 4.74 Å². The number of nitrogens with zero attached hydrogens (tertiary/aromatic N) is 2. The molecule has 1 amide bonds. The number of anilines is 1. The van der Waals surface area contributed by atoms with Crippen LogP contribution in [0.2, 0.25) is 5.02 Å². The maximum absolute atomic E-state index is 12.3. The van der Waals surface area contributed by atoms with Gasteiger partial charge in [-0.05, 0) is 30.9 Å². The number of nitrogens with two attached hydrogens (primary N) is 1. The molecular formula is C13H18ClN3O2. The lowest BCUT2D eigenvalue weighted by atomic mass is 10.0. The molecule has 19 heavy (non-hydrogen) atoms. The first kappa shape index (κ1) is 14.1. The first-order chi connectivity index (χ1) is 9.08. The molecule has 2 rings (SSSR count). The molecule has 1 aromatic rings. The number of hydrogen-bond donors (Lipinski definition) is 1. The molecule has 1 aromatic heterocycles. The van der Waals surface area contributed by atoms with Crippen LogP contribution in [0, 0.1) is 5.92 Å². The van der Waals surface area contributed by atoms with E-state index in [-0.39, 0.29) is 11.6 Å². The Morgan fingerprint density at radius 3 is 3.11 bits per heavy atom. The van der Waals surface area contributed by atoms with Crippen molar-refractivity contribution in [3.63, 3.8) is 0 Å². The molecule has 0 spiro atoms. The van der Waals surface area contributed by atoms with Crippen molar-refractivity contribution in [1.82, 2.24) is 9.88 Å². The number of nitrogen functional groups attached to an aromatic ring is 1. The molecule has 1 atom stereocenters. The summed E-state index contributed by atoms with van der Waals surface area (Å²) in [4.78, 5) is 17.9. The zero-order valence-corrected chi connectivity index (χ0v) is 11.7. The Kier molecular flexibility index (Phi) is 4.61. The van der Waals surface area contributed by atoms with Gasteiger partial charge in [0.15, 0.2) is 0 Å². The Morgan fingerprint density at radius 2 is 2.42 bits per heavy atom. The van der Waals surface area contributed by atoms with Crippen molar-refractivity contribution in [2.45, 2.75) is 12.8 Å². The lowest BCUT2D eigenvalue weighted by molar-refractivity contribution is 0.0387. The maximum atomic E-state index is 12.3. The minimum atomic E-state index is -0.206. The molecular weight excluding hydrogens is 266 g/mol. The van der Waals surface area contributed by atoms with Crippen molar-refractivity contribution in [3.05, 3.63) is 22.8 Å². The number of halogens is 1. The highest BCUT2D eigenvalue weighted by atomic mass is 35.5. The van der Waals surface area contributed by atoms with E-state index in [0.717, 1.165) is 19.4 Å². The fourth-order valence-electron chi connectivity index (χ4n) is 2.21. The van der Waals surface area contributed by atoms with Crippen LogP contribution in [-0.4, -0.2) is 42.6 Å². The number of rotatable bonds is 3. The molecule has 5 nitrogen and oxygen atoms in total. The molecule has 0 radical (unpaired) electrons. The zero-order valence-electron chi connectivity index (χ0n) is 10.9. The van der Waals surface area contributed by atoms with E-state index in [0.29, 0.717) is 29.9 Å². The summed E-state index contributed by atoms with van der Waals surface area (Å²) in [5.74, 6) is 0.465. The highest BCUT2D eigenvalue weighted by molar-refractivity contribution is 6.33. The molecule has 2 heterocycles. The molecule has 1 saturated heterocycles. The first-order valence-corrected chi connectivity index (χ1v) is 6.71. The van der Waals surface area contributed by atoms with Gasteiger partial charge in [-0.25, -0.2) is 4.98 Å². The summed E-state index contributed by atoms with van der Waals surface area (Å²) in [5.41, 5.74) is 5.80. The van der Waals surface area contributed by atoms with Crippen LogP contribution in [0.15, 0.2) is 12.1 Å². The van der Waals surface area contributed by atoms with Gasteiger partial charge in [-0.2, -0.15) is 0 Å². The minimum absolute atomic E-state index is 0.206. The van der Waals surface area contributed by atoms with Crippen LogP contribution >= 0.6 is 11.6 Å². The summed E-state index contributed by atoms with van der Waals surface area (Å²) >= 11 is 5.99. The third-order valence-corrected chi connectivity index (χ3v) is 3.51. The summed E-state index contributed by atoms with van der Waals surface area (Å²) < 4.78 is 5.41. The van der Waals surface area contributed by atoms with Gasteiger partial charge in [0.25, 0.3) is 5.91 Å². The van der Waals surface area contributed by atoms with E-state index in [1.165, 1.54) is 0 Å². The summed E-state index contributed by atoms with van der Waals surface area (Å²) in [6, 6.07) is 3.17. The quantitative estimate of drug-likeness (QED) is 0.919. The largest absolute Gasteiger partial charge is 0.384 e. The van der Waals surface area contributed by atoms with E-state index in [1.807, 2.05) is 0 Å². The van der Waals surface area contributed by atoms with Crippen molar-refractivity contribution in [2.24, 2.45) is 5.92 Å². The highest BCUT2D eigenvalue weighted by Gasteiger charge is 2.22. The van der Waals surface area contributed by atoms with Gasteiger partial charge < -0.3 is 15.4 Å². The van der Waals surface area contributed by atoms with E-state index in [1.54, 1.807) is 24.1 Å². The van der Waals surface area contributed by atoms with Crippen LogP contribution in [0.25, 0.3) is 0 Å². The van der Waals surface area contributed by atoms with Crippen LogP contribution in [0.3, 0.4) is 0 Å². The average Bonchev–Trinajstić information content (AvgIpc) is 2.42. The number of carbonyl (C=O) groups is 1. The van der Waals surface area contributed by atoms with Crippen LogP contribution in [0.4, 0.5) is 5.82 Å². The Labute approximate surface area is 117 Å². The topological polar surface area (TPSA) is 68.5 Å². The number of ether oxygens (including phenoxy) is 1. The van der Waals surface area contributed by atoms with Crippen LogP contribution in [0.1, 0.15) is 23.3 Å². The molecule has 1 unspecified atom stereocenters. The van der Waals surface area contributed by atoms with E-state index in [2.05, 4.69) is 4.98 Å². The van der Waals surface area contributed by atoms with Crippen molar-refractivity contribution >= 4 is 23.3 Å². The SMILES string of the molecule is CN(CC1CCCOC1)C(=O)c1nc(N)ccc1Cl. The molecule has 0 bridgehead atoms. The number of amides is 1. The van der Waals surface area contributed by atoms with Crippen LogP contribution in [0.5, 0.6) is 0 Å². The summed E-state index contributed by atoms with van der Waals surface area (Å²) in [6.45, 7) is 2.16. The third kappa shape index (κ3) is 3.58. The summed E-state index contributed by atoms with van der Waals surface area (Å²) in [7, 11) is 1.75. The fraction of sp³-hybridized carbons (Fsp3) is 0.538. The molecule has 1 aliphatic rings. The van der Waals surface area contributed by atoms with Gasteiger partial charge in [0, 0.05) is 20.2 Å². The zero-order chi connectivity index (χ0) is 13.8. The van der Waals surface area contributed by atoms with Gasteiger partial charge in [0.2, 0.25) is 0 Å². The van der Waals surface area contributed by atoms with Gasteiger partial charge in [-0.3, -0.25) is 4.79 Å². The second kappa shape index (κ2) is 6.21. The maximum Gasteiger partial charge on any atom is 0.273 e. The number of aromatic nitrogens is 1. The summed E-state index contributed by atoms with van der Waals surface area (Å²) in [6.07, 6.45) is 2.12. The predicted octanol–water partition coefficient (Wildman–Crippen LogP) is 1.82. The van der Waals surface area contributed by atoms with E-state index < -0.39 is 0 Å². The predicted molar refractivity (Wildman–Crippen MR) is 74.2 cm³/mol. The molecule has 0 aliphatic carbocycles. The average molecular weight is 284 g/mol. The lowest BCUT2D eigenvalue weighted by Crippen LogP contribution is -2.35. The van der Waals surface area contributed by atoms with E-state index in [9.17, 15) is 4.79 Å². The molecule has 6 heteroatoms. The van der Waals surface area contributed by atoms with Crippen molar-refractivity contribution in [1.29, 1.82) is 0 Å². The normalized spacial score (nSPS) is 19.2. The molecule has 1 fully saturated rings. The van der Waals surface area contributed by atoms with E-state index >= 15 is 0 Å². The van der Waals surface area contributed by atoms with Gasteiger partial charge in [-0.15, -0.1) is 0 Å². The monoisotopic (exact) mass is 283 g/mol. The third-order valence-electron chi connectivity index (χ3n) is 3.20. The second-order valence-electron chi connectivity index (χ2n) is 4.84. The van der Waals surface area contributed by atoms with Crippen molar-refractivity contribution < 1.29 is 9.53 Å². The minimum Gasteiger partial charge on any atom is -0.384 e. The molecule has 104 valence electrons. The standard InChI is InChI=1S/C13H18ClN3O2/c1-17(7-9-3-2-6-19-8-9)13(18)12-10(14)4-5-11(15)16-12/h4-5,9H,2-3,6-8H2,1H3,(H2,15,16). The Bertz CT molecular complexity index is 461. The molecule has 0 saturated carbocycles. The lowest BCUT2D eigenvalue weighted by Gasteiger charge is -2.27. The van der Waals surface area contributed by atoms with Gasteiger partial charge in [0.05, 0.1) is 11.6 Å². The van der Waals surface area contributed by atoms with Crippen molar-refractivity contribution in [2.75, 3.05) is 32.5 Å². The van der Waals surface area contributed by atoms with Gasteiger partial charge in [0.1, 0.15) is 11.5 Å². The Hall–Kier alpha value is -1.33. The fourth-order valence-corrected chi connectivity index (χ4v) is 2.40. The second-order valence-corrected chi connectivity index (χ2v) is 5.24. The summed E-state index contributed by atoms with van der Waals surface area (Å²) in [5, 5.41) is 0.325. The van der Waals surface area contributed by atoms with Crippen molar-refractivity contribution in [3.8, 4) is 0 Å². The first-order valence-electron chi connectivity index (χ1n) is 6.33.